The predicted molar refractivity (Wildman–Crippen MR) is 102 cm³/mol. The molecule has 0 atom stereocenters. The molecule has 25 heavy (non-hydrogen) atoms. The molecule has 5 heteroatoms. The molecule has 1 aromatic carbocycles. The van der Waals surface area contributed by atoms with Crippen molar-refractivity contribution in [2.45, 2.75) is 44.1 Å². The number of nitrogens with zero attached hydrogens (tertiary/aromatic N) is 1. The third kappa shape index (κ3) is 3.95. The summed E-state index contributed by atoms with van der Waals surface area (Å²) in [4.78, 5) is 14.7. The molecule has 1 amide bonds. The van der Waals surface area contributed by atoms with Gasteiger partial charge in [-0.3, -0.25) is 4.79 Å². The Hall–Kier alpha value is -1.26. The molecule has 0 unspecified atom stereocenters. The Kier molecular flexibility index (Phi) is 5.59. The van der Waals surface area contributed by atoms with E-state index in [1.807, 2.05) is 35.2 Å². The molecule has 0 aromatic heterocycles. The van der Waals surface area contributed by atoms with Crippen LogP contribution < -0.4 is 10.2 Å². The molecule has 4 saturated carbocycles. The minimum atomic E-state index is 0. The highest BCUT2D eigenvalue weighted by atomic mass is 35.5. The highest BCUT2D eigenvalue weighted by Gasteiger charge is 2.51. The second-order valence-corrected chi connectivity index (χ2v) is 8.23. The van der Waals surface area contributed by atoms with Crippen LogP contribution in [0, 0.1) is 17.8 Å². The Bertz CT molecular complexity index is 557. The van der Waals surface area contributed by atoms with Gasteiger partial charge in [-0.15, -0.1) is 12.4 Å². The number of aliphatic hydroxyl groups is 1. The van der Waals surface area contributed by atoms with E-state index in [2.05, 4.69) is 5.32 Å². The molecule has 2 N–H and O–H groups in total. The molecule has 4 aliphatic rings. The molecule has 5 rings (SSSR count). The van der Waals surface area contributed by atoms with Crippen LogP contribution in [0.15, 0.2) is 30.3 Å². The maximum absolute atomic E-state index is 12.8. The minimum Gasteiger partial charge on any atom is -0.395 e. The molecule has 0 saturated heterocycles. The fraction of sp³-hybridized carbons (Fsp3) is 0.650. The summed E-state index contributed by atoms with van der Waals surface area (Å²) in [6.45, 7) is 0.865. The largest absolute Gasteiger partial charge is 0.395 e. The molecular weight excluding hydrogens is 336 g/mol. The molecule has 4 aliphatic carbocycles. The van der Waals surface area contributed by atoms with Crippen molar-refractivity contribution in [2.24, 2.45) is 17.8 Å². The van der Waals surface area contributed by atoms with Gasteiger partial charge in [0.2, 0.25) is 5.91 Å². The lowest BCUT2D eigenvalue weighted by atomic mass is 9.53. The predicted octanol–water partition coefficient (Wildman–Crippen LogP) is 2.99. The van der Waals surface area contributed by atoms with E-state index >= 15 is 0 Å². The first-order valence-corrected chi connectivity index (χ1v) is 9.38. The van der Waals surface area contributed by atoms with Crippen molar-refractivity contribution in [1.82, 2.24) is 5.32 Å². The van der Waals surface area contributed by atoms with Gasteiger partial charge in [0, 0.05) is 17.8 Å². The Morgan fingerprint density at radius 2 is 1.64 bits per heavy atom. The van der Waals surface area contributed by atoms with Gasteiger partial charge in [-0.1, -0.05) is 18.2 Å². The Labute approximate surface area is 156 Å². The Morgan fingerprint density at radius 3 is 2.16 bits per heavy atom. The van der Waals surface area contributed by atoms with Gasteiger partial charge in [0.25, 0.3) is 0 Å². The van der Waals surface area contributed by atoms with Crippen molar-refractivity contribution in [2.75, 3.05) is 24.6 Å². The molecule has 4 bridgehead atoms. The quantitative estimate of drug-likeness (QED) is 0.815. The van der Waals surface area contributed by atoms with Crippen LogP contribution in [-0.2, 0) is 4.79 Å². The van der Waals surface area contributed by atoms with Gasteiger partial charge in [0.1, 0.15) is 0 Å². The number of para-hydroxylation sites is 1. The lowest BCUT2D eigenvalue weighted by Gasteiger charge is -2.57. The highest BCUT2D eigenvalue weighted by Crippen LogP contribution is 2.55. The van der Waals surface area contributed by atoms with E-state index in [0.717, 1.165) is 23.4 Å². The first-order valence-electron chi connectivity index (χ1n) is 9.38. The number of carbonyl (C=O) groups excluding carboxylic acids is 1. The lowest BCUT2D eigenvalue weighted by Crippen LogP contribution is -2.61. The van der Waals surface area contributed by atoms with Gasteiger partial charge in [0.15, 0.2) is 0 Å². The summed E-state index contributed by atoms with van der Waals surface area (Å²) in [6, 6.07) is 9.89. The summed E-state index contributed by atoms with van der Waals surface area (Å²) in [7, 11) is 0. The van der Waals surface area contributed by atoms with Gasteiger partial charge in [-0.05, 0) is 68.4 Å². The number of benzene rings is 1. The van der Waals surface area contributed by atoms with Gasteiger partial charge in [0.05, 0.1) is 13.2 Å². The van der Waals surface area contributed by atoms with E-state index in [9.17, 15) is 9.90 Å². The first kappa shape index (κ1) is 18.5. The third-order valence-electron chi connectivity index (χ3n) is 6.27. The fourth-order valence-electron chi connectivity index (χ4n) is 5.83. The van der Waals surface area contributed by atoms with Crippen LogP contribution in [0.1, 0.15) is 38.5 Å². The van der Waals surface area contributed by atoms with E-state index in [0.29, 0.717) is 13.1 Å². The first-order chi connectivity index (χ1) is 11.7. The number of halogens is 1. The van der Waals surface area contributed by atoms with Crippen LogP contribution >= 0.6 is 12.4 Å². The topological polar surface area (TPSA) is 52.6 Å². The summed E-state index contributed by atoms with van der Waals surface area (Å²) in [6.07, 6.45) is 7.68. The van der Waals surface area contributed by atoms with Crippen LogP contribution in [-0.4, -0.2) is 36.2 Å². The number of hydrogen-bond donors (Lipinski definition) is 2. The molecule has 0 spiro atoms. The third-order valence-corrected chi connectivity index (χ3v) is 6.27. The molecule has 1 aromatic rings. The van der Waals surface area contributed by atoms with Gasteiger partial charge in [-0.25, -0.2) is 0 Å². The standard InChI is InChI=1S/C20H28N2O2.ClH/c23-7-6-22(18-4-2-1-3-5-18)14-19(24)21-20-11-15-8-16(12-20)10-17(9-15)13-20;/h1-5,15-17,23H,6-14H2,(H,21,24);1H. The fourth-order valence-corrected chi connectivity index (χ4v) is 5.83. The molecule has 138 valence electrons. The average Bonchev–Trinajstić information content (AvgIpc) is 2.53. The van der Waals surface area contributed by atoms with Gasteiger partial charge in [-0.2, -0.15) is 0 Å². The number of rotatable bonds is 6. The van der Waals surface area contributed by atoms with Crippen LogP contribution in [0.25, 0.3) is 0 Å². The van der Waals surface area contributed by atoms with E-state index in [1.165, 1.54) is 38.5 Å². The van der Waals surface area contributed by atoms with Crippen molar-refractivity contribution in [1.29, 1.82) is 0 Å². The van der Waals surface area contributed by atoms with E-state index in [-0.39, 0.29) is 30.5 Å². The smallest absolute Gasteiger partial charge is 0.239 e. The van der Waals surface area contributed by atoms with Gasteiger partial charge >= 0.3 is 0 Å². The lowest BCUT2D eigenvalue weighted by molar-refractivity contribution is -0.125. The van der Waals surface area contributed by atoms with E-state index < -0.39 is 0 Å². The molecule has 0 heterocycles. The number of hydrogen-bond acceptors (Lipinski definition) is 3. The number of aliphatic hydroxyl groups excluding tert-OH is 1. The summed E-state index contributed by atoms with van der Waals surface area (Å²) in [5.41, 5.74) is 1.06. The second kappa shape index (κ2) is 7.55. The number of anilines is 1. The Morgan fingerprint density at radius 1 is 1.08 bits per heavy atom. The minimum absolute atomic E-state index is 0. The number of nitrogens with one attached hydrogen (secondary N) is 1. The van der Waals surface area contributed by atoms with Crippen molar-refractivity contribution < 1.29 is 9.90 Å². The van der Waals surface area contributed by atoms with E-state index in [4.69, 9.17) is 0 Å². The number of carbonyl (C=O) groups is 1. The monoisotopic (exact) mass is 364 g/mol. The van der Waals surface area contributed by atoms with Crippen molar-refractivity contribution in [3.8, 4) is 0 Å². The maximum atomic E-state index is 12.8. The van der Waals surface area contributed by atoms with Crippen LogP contribution in [0.2, 0.25) is 0 Å². The molecule has 0 aliphatic heterocycles. The van der Waals surface area contributed by atoms with Crippen molar-refractivity contribution >= 4 is 24.0 Å². The highest BCUT2D eigenvalue weighted by molar-refractivity contribution is 5.85. The molecular formula is C20H29ClN2O2. The summed E-state index contributed by atoms with van der Waals surface area (Å²) in [5, 5.41) is 12.8. The van der Waals surface area contributed by atoms with Crippen molar-refractivity contribution in [3.05, 3.63) is 30.3 Å². The summed E-state index contributed by atoms with van der Waals surface area (Å²) < 4.78 is 0. The zero-order chi connectivity index (χ0) is 16.6. The Balaban J connectivity index is 0.00000182. The zero-order valence-electron chi connectivity index (χ0n) is 14.7. The van der Waals surface area contributed by atoms with Crippen LogP contribution in [0.4, 0.5) is 5.69 Å². The average molecular weight is 365 g/mol. The number of amides is 1. The zero-order valence-corrected chi connectivity index (χ0v) is 15.5. The van der Waals surface area contributed by atoms with Crippen molar-refractivity contribution in [3.63, 3.8) is 0 Å². The molecule has 4 nitrogen and oxygen atoms in total. The molecule has 4 fully saturated rings. The van der Waals surface area contributed by atoms with Crippen LogP contribution in [0.5, 0.6) is 0 Å². The second-order valence-electron chi connectivity index (χ2n) is 8.23. The summed E-state index contributed by atoms with van der Waals surface area (Å²) in [5.74, 6) is 2.60. The maximum Gasteiger partial charge on any atom is 0.239 e. The van der Waals surface area contributed by atoms with E-state index in [1.54, 1.807) is 0 Å². The normalized spacial score (nSPS) is 32.1. The summed E-state index contributed by atoms with van der Waals surface area (Å²) >= 11 is 0. The SMILES string of the molecule is Cl.O=C(CN(CCO)c1ccccc1)NC12CC3CC(CC(C3)C1)C2. The molecule has 0 radical (unpaired) electrons. The van der Waals surface area contributed by atoms with Crippen LogP contribution in [0.3, 0.4) is 0 Å². The van der Waals surface area contributed by atoms with Gasteiger partial charge < -0.3 is 15.3 Å².